The van der Waals surface area contributed by atoms with Crippen molar-refractivity contribution in [2.75, 3.05) is 19.5 Å². The van der Waals surface area contributed by atoms with Crippen molar-refractivity contribution in [1.29, 1.82) is 0 Å². The molecule has 0 aliphatic heterocycles. The number of nitrogens with one attached hydrogen (secondary N) is 2. The number of aromatic nitrogens is 1. The molecule has 0 fully saturated rings. The first-order valence-corrected chi connectivity index (χ1v) is 12.0. The zero-order valence-corrected chi connectivity index (χ0v) is 20.6. The van der Waals surface area contributed by atoms with E-state index in [1.807, 2.05) is 48.5 Å². The maximum absolute atomic E-state index is 13.7. The van der Waals surface area contributed by atoms with Crippen LogP contribution in [-0.2, 0) is 6.42 Å². The Labute approximate surface area is 214 Å². The van der Waals surface area contributed by atoms with Crippen LogP contribution in [0, 0.1) is 0 Å². The summed E-state index contributed by atoms with van der Waals surface area (Å²) in [6.45, 7) is 0. The molecule has 1 aliphatic rings. The van der Waals surface area contributed by atoms with Crippen molar-refractivity contribution in [2.24, 2.45) is 0 Å². The fourth-order valence-corrected chi connectivity index (χ4v) is 4.75. The molecule has 0 radical (unpaired) electrons. The number of nitrogens with zero attached hydrogens (tertiary/aromatic N) is 1. The number of halogens is 1. The van der Waals surface area contributed by atoms with E-state index in [1.54, 1.807) is 25.3 Å². The Morgan fingerprint density at radius 2 is 1.78 bits per heavy atom. The molecule has 1 aliphatic carbocycles. The number of allylic oxidation sites excluding steroid dienone is 1. The lowest BCUT2D eigenvalue weighted by atomic mass is 9.99. The van der Waals surface area contributed by atoms with Crippen LogP contribution in [0.2, 0.25) is 5.02 Å². The minimum Gasteiger partial charge on any atom is -0.497 e. The van der Waals surface area contributed by atoms with Gasteiger partial charge < -0.3 is 15.4 Å². The van der Waals surface area contributed by atoms with Gasteiger partial charge in [-0.1, -0.05) is 41.9 Å². The number of hydrogen-bond donors (Lipinski definition) is 2. The van der Waals surface area contributed by atoms with E-state index in [0.717, 1.165) is 45.5 Å². The number of rotatable bonds is 5. The van der Waals surface area contributed by atoms with Crippen molar-refractivity contribution in [3.63, 3.8) is 0 Å². The van der Waals surface area contributed by atoms with Gasteiger partial charge in [-0.2, -0.15) is 0 Å². The van der Waals surface area contributed by atoms with Crippen molar-refractivity contribution < 1.29 is 14.3 Å². The summed E-state index contributed by atoms with van der Waals surface area (Å²) in [4.78, 5) is 30.7. The summed E-state index contributed by atoms with van der Waals surface area (Å²) in [7, 11) is 3.18. The molecule has 0 bridgehead atoms. The van der Waals surface area contributed by atoms with Gasteiger partial charge in [-0.25, -0.2) is 4.98 Å². The smallest absolute Gasteiger partial charge is 0.256 e. The second kappa shape index (κ2) is 9.84. The molecule has 180 valence electrons. The lowest BCUT2D eigenvalue weighted by molar-refractivity contribution is 0.0961. The maximum Gasteiger partial charge on any atom is 0.256 e. The highest BCUT2D eigenvalue weighted by Crippen LogP contribution is 2.38. The molecule has 6 nitrogen and oxygen atoms in total. The predicted octanol–water partition coefficient (Wildman–Crippen LogP) is 6.00. The topological polar surface area (TPSA) is 80.3 Å². The molecule has 0 saturated heterocycles. The predicted molar refractivity (Wildman–Crippen MR) is 144 cm³/mol. The third-order valence-electron chi connectivity index (χ3n) is 6.32. The standard InChI is InChI=1S/C29H24ClN3O3/c1-31-28(34)23-16-19(10-14-24(23)30)32-29(35)26-21-5-3-4-6-25(21)33-27-18(9-13-22(26)27)15-17-7-11-20(36-2)12-8-17/h3-8,10-12,14-16H,9,13H2,1-2H3,(H,31,34)(H,32,35)/b18-15+. The first kappa shape index (κ1) is 23.6. The SMILES string of the molecule is CNC(=O)c1cc(NC(=O)c2c3c(nc4ccccc24)/C(=C/c2ccc(OC)cc2)CC3)ccc1Cl. The average molecular weight is 498 g/mol. The van der Waals surface area contributed by atoms with E-state index in [9.17, 15) is 9.59 Å². The number of benzene rings is 3. The van der Waals surface area contributed by atoms with Gasteiger partial charge in [-0.05, 0) is 72.0 Å². The highest BCUT2D eigenvalue weighted by atomic mass is 35.5. The van der Waals surface area contributed by atoms with Crippen molar-refractivity contribution in [3.8, 4) is 5.75 Å². The first-order valence-electron chi connectivity index (χ1n) is 11.6. The summed E-state index contributed by atoms with van der Waals surface area (Å²) < 4.78 is 5.26. The van der Waals surface area contributed by atoms with Crippen LogP contribution in [0.25, 0.3) is 22.6 Å². The molecular formula is C29H24ClN3O3. The number of ether oxygens (including phenoxy) is 1. The molecule has 2 N–H and O–H groups in total. The highest BCUT2D eigenvalue weighted by molar-refractivity contribution is 6.34. The summed E-state index contributed by atoms with van der Waals surface area (Å²) in [5, 5.41) is 6.64. The van der Waals surface area contributed by atoms with Gasteiger partial charge in [0, 0.05) is 18.1 Å². The molecule has 5 rings (SSSR count). The number of methoxy groups -OCH3 is 1. The fraction of sp³-hybridized carbons (Fsp3) is 0.138. The quantitative estimate of drug-likeness (QED) is 0.354. The van der Waals surface area contributed by atoms with Gasteiger partial charge in [0.1, 0.15) is 5.75 Å². The fourth-order valence-electron chi connectivity index (χ4n) is 4.55. The van der Waals surface area contributed by atoms with E-state index in [1.165, 1.54) is 7.05 Å². The Bertz CT molecular complexity index is 1530. The van der Waals surface area contributed by atoms with Gasteiger partial charge in [0.05, 0.1) is 34.5 Å². The number of para-hydroxylation sites is 1. The zero-order valence-electron chi connectivity index (χ0n) is 19.9. The van der Waals surface area contributed by atoms with Gasteiger partial charge in [0.15, 0.2) is 0 Å². The van der Waals surface area contributed by atoms with Crippen LogP contribution >= 0.6 is 11.6 Å². The lowest BCUT2D eigenvalue weighted by Gasteiger charge is -2.14. The van der Waals surface area contributed by atoms with Crippen molar-refractivity contribution in [2.45, 2.75) is 12.8 Å². The van der Waals surface area contributed by atoms with E-state index in [-0.39, 0.29) is 11.8 Å². The molecule has 0 spiro atoms. The molecule has 3 aromatic carbocycles. The normalized spacial score (nSPS) is 13.5. The van der Waals surface area contributed by atoms with Crippen LogP contribution in [-0.4, -0.2) is 31.0 Å². The molecule has 36 heavy (non-hydrogen) atoms. The third-order valence-corrected chi connectivity index (χ3v) is 6.65. The number of carbonyl (C=O) groups excluding carboxylic acids is 2. The Morgan fingerprint density at radius 1 is 1.00 bits per heavy atom. The van der Waals surface area contributed by atoms with E-state index in [0.29, 0.717) is 28.3 Å². The van der Waals surface area contributed by atoms with E-state index >= 15 is 0 Å². The molecule has 7 heteroatoms. The van der Waals surface area contributed by atoms with Gasteiger partial charge in [-0.3, -0.25) is 9.59 Å². The van der Waals surface area contributed by atoms with Crippen LogP contribution in [0.1, 0.15) is 44.0 Å². The monoisotopic (exact) mass is 497 g/mol. The number of fused-ring (bicyclic) bond motifs is 2. The van der Waals surface area contributed by atoms with Gasteiger partial charge in [0.25, 0.3) is 11.8 Å². The highest BCUT2D eigenvalue weighted by Gasteiger charge is 2.27. The van der Waals surface area contributed by atoms with Gasteiger partial charge in [-0.15, -0.1) is 0 Å². The molecule has 4 aromatic rings. The van der Waals surface area contributed by atoms with E-state index < -0.39 is 0 Å². The molecule has 2 amide bonds. The van der Waals surface area contributed by atoms with Gasteiger partial charge >= 0.3 is 0 Å². The Kier molecular flexibility index (Phi) is 6.44. The van der Waals surface area contributed by atoms with E-state index in [4.69, 9.17) is 21.3 Å². The molecule has 1 heterocycles. The molecule has 0 unspecified atom stereocenters. The summed E-state index contributed by atoms with van der Waals surface area (Å²) >= 11 is 6.18. The summed E-state index contributed by atoms with van der Waals surface area (Å²) in [6.07, 6.45) is 3.61. The van der Waals surface area contributed by atoms with E-state index in [2.05, 4.69) is 16.7 Å². The second-order valence-electron chi connectivity index (χ2n) is 8.50. The lowest BCUT2D eigenvalue weighted by Crippen LogP contribution is -2.19. The van der Waals surface area contributed by atoms with Crippen molar-refractivity contribution in [3.05, 3.63) is 99.7 Å². The van der Waals surface area contributed by atoms with Gasteiger partial charge in [0.2, 0.25) is 0 Å². The maximum atomic E-state index is 13.7. The molecule has 1 aromatic heterocycles. The molecule has 0 saturated carbocycles. The van der Waals surface area contributed by atoms with Crippen LogP contribution in [0.5, 0.6) is 5.75 Å². The Hall–Kier alpha value is -4.16. The van der Waals surface area contributed by atoms with Crippen LogP contribution < -0.4 is 15.4 Å². The first-order chi connectivity index (χ1) is 17.5. The Balaban J connectivity index is 1.56. The number of carbonyl (C=O) groups is 2. The molecular weight excluding hydrogens is 474 g/mol. The van der Waals surface area contributed by atoms with Crippen LogP contribution in [0.3, 0.4) is 0 Å². The number of anilines is 1. The van der Waals surface area contributed by atoms with Crippen LogP contribution in [0.15, 0.2) is 66.7 Å². The minimum absolute atomic E-state index is 0.249. The van der Waals surface area contributed by atoms with Crippen molar-refractivity contribution >= 4 is 51.7 Å². The van der Waals surface area contributed by atoms with Crippen LogP contribution in [0.4, 0.5) is 5.69 Å². The molecule has 0 atom stereocenters. The zero-order chi connectivity index (χ0) is 25.2. The number of amides is 2. The summed E-state index contributed by atoms with van der Waals surface area (Å²) in [5.41, 5.74) is 6.04. The largest absolute Gasteiger partial charge is 0.497 e. The number of pyridine rings is 1. The minimum atomic E-state index is -0.320. The average Bonchev–Trinajstić information content (AvgIpc) is 3.30. The summed E-state index contributed by atoms with van der Waals surface area (Å²) in [5.74, 6) is 0.231. The van der Waals surface area contributed by atoms with Crippen molar-refractivity contribution in [1.82, 2.24) is 10.3 Å². The Morgan fingerprint density at radius 3 is 2.53 bits per heavy atom. The summed E-state index contributed by atoms with van der Waals surface area (Å²) in [6, 6.07) is 20.4. The number of hydrogen-bond acceptors (Lipinski definition) is 4. The third kappa shape index (κ3) is 4.43. The second-order valence-corrected chi connectivity index (χ2v) is 8.91.